The molecular weight excluding hydrogens is 292 g/mol. The molecule has 2 fully saturated rings. The zero-order chi connectivity index (χ0) is 17.1. The lowest BCUT2D eigenvalue weighted by atomic mass is 9.73. The molecule has 0 aromatic rings. The fourth-order valence-corrected chi connectivity index (χ4v) is 3.80. The van der Waals surface area contributed by atoms with E-state index >= 15 is 0 Å². The van der Waals surface area contributed by atoms with Crippen molar-refractivity contribution in [3.63, 3.8) is 0 Å². The molecule has 2 saturated carbocycles. The second-order valence-electron chi connectivity index (χ2n) is 8.20. The van der Waals surface area contributed by atoms with Gasteiger partial charge in [0.2, 0.25) is 5.91 Å². The van der Waals surface area contributed by atoms with Crippen LogP contribution in [0.3, 0.4) is 0 Å². The smallest absolute Gasteiger partial charge is 0.408 e. The van der Waals surface area contributed by atoms with Crippen molar-refractivity contribution in [2.45, 2.75) is 96.2 Å². The molecule has 0 aromatic heterocycles. The van der Waals surface area contributed by atoms with E-state index in [1.807, 2.05) is 20.8 Å². The van der Waals surface area contributed by atoms with Crippen LogP contribution >= 0.6 is 0 Å². The Balaban J connectivity index is 2.11. The molecule has 0 saturated heterocycles. The molecule has 2 unspecified atom stereocenters. The second kappa shape index (κ2) is 7.10. The minimum atomic E-state index is -0.830. The van der Waals surface area contributed by atoms with Gasteiger partial charge in [-0.1, -0.05) is 32.6 Å². The average molecular weight is 324 g/mol. The largest absolute Gasteiger partial charge is 0.444 e. The second-order valence-corrected chi connectivity index (χ2v) is 8.20. The molecular formula is C18H32N2O3. The third-order valence-electron chi connectivity index (χ3n) is 5.12. The number of amides is 2. The minimum Gasteiger partial charge on any atom is -0.444 e. The van der Waals surface area contributed by atoms with Crippen LogP contribution in [0.1, 0.15) is 79.1 Å². The molecule has 0 aromatic carbocycles. The van der Waals surface area contributed by atoms with Crippen LogP contribution in [0.4, 0.5) is 4.79 Å². The van der Waals surface area contributed by atoms with Gasteiger partial charge in [-0.2, -0.15) is 0 Å². The standard InChI is InChI=1S/C18H32N2O3/c1-13-9-7-8-12-18(13,20-16(22)23-17(2,3)4)15(21)19-14-10-5-6-11-14/h13-14H,5-12H2,1-4H3,(H,19,21)(H,20,22). The zero-order valence-electron chi connectivity index (χ0n) is 15.0. The predicted octanol–water partition coefficient (Wildman–Crippen LogP) is 3.52. The SMILES string of the molecule is CC1CCCCC1(NC(=O)OC(C)(C)C)C(=O)NC1CCCC1. The van der Waals surface area contributed by atoms with Gasteiger partial charge in [-0.05, 0) is 52.4 Å². The molecule has 0 bridgehead atoms. The number of nitrogens with one attached hydrogen (secondary N) is 2. The van der Waals surface area contributed by atoms with E-state index in [9.17, 15) is 9.59 Å². The van der Waals surface area contributed by atoms with Crippen molar-refractivity contribution < 1.29 is 14.3 Å². The Morgan fingerprint density at radius 3 is 2.22 bits per heavy atom. The first-order valence-corrected chi connectivity index (χ1v) is 9.05. The molecule has 132 valence electrons. The number of rotatable bonds is 3. The highest BCUT2D eigenvalue weighted by molar-refractivity contribution is 5.90. The molecule has 0 radical (unpaired) electrons. The maximum absolute atomic E-state index is 13.0. The van der Waals surface area contributed by atoms with Gasteiger partial charge >= 0.3 is 6.09 Å². The first-order valence-electron chi connectivity index (χ1n) is 9.05. The topological polar surface area (TPSA) is 67.4 Å². The third-order valence-corrected chi connectivity index (χ3v) is 5.12. The lowest BCUT2D eigenvalue weighted by Crippen LogP contribution is -2.64. The van der Waals surface area contributed by atoms with Crippen molar-refractivity contribution in [2.24, 2.45) is 5.92 Å². The number of alkyl carbamates (subject to hydrolysis) is 1. The molecule has 0 aliphatic heterocycles. The van der Waals surface area contributed by atoms with E-state index in [0.717, 1.165) is 32.1 Å². The van der Waals surface area contributed by atoms with Gasteiger partial charge in [0.15, 0.2) is 0 Å². The van der Waals surface area contributed by atoms with Gasteiger partial charge in [-0.15, -0.1) is 0 Å². The molecule has 2 aliphatic carbocycles. The Morgan fingerprint density at radius 1 is 1.04 bits per heavy atom. The van der Waals surface area contributed by atoms with Gasteiger partial charge in [-0.3, -0.25) is 4.79 Å². The van der Waals surface area contributed by atoms with Gasteiger partial charge in [0.05, 0.1) is 0 Å². The molecule has 2 atom stereocenters. The van der Waals surface area contributed by atoms with E-state index in [0.29, 0.717) is 6.42 Å². The summed E-state index contributed by atoms with van der Waals surface area (Å²) < 4.78 is 5.40. The van der Waals surface area contributed by atoms with E-state index in [2.05, 4.69) is 17.6 Å². The monoisotopic (exact) mass is 324 g/mol. The summed E-state index contributed by atoms with van der Waals surface area (Å²) in [5.41, 5.74) is -1.39. The Kier molecular flexibility index (Phi) is 5.58. The molecule has 5 heteroatoms. The summed E-state index contributed by atoms with van der Waals surface area (Å²) >= 11 is 0. The highest BCUT2D eigenvalue weighted by atomic mass is 16.6. The van der Waals surface area contributed by atoms with Crippen LogP contribution in [0.5, 0.6) is 0 Å². The first kappa shape index (κ1) is 18.1. The number of carbonyl (C=O) groups excluding carboxylic acids is 2. The molecule has 2 N–H and O–H groups in total. The van der Waals surface area contributed by atoms with Crippen molar-refractivity contribution in [3.05, 3.63) is 0 Å². The van der Waals surface area contributed by atoms with Crippen LogP contribution in [-0.4, -0.2) is 29.2 Å². The van der Waals surface area contributed by atoms with E-state index in [1.165, 1.54) is 12.8 Å². The predicted molar refractivity (Wildman–Crippen MR) is 90.1 cm³/mol. The first-order chi connectivity index (χ1) is 10.7. The van der Waals surface area contributed by atoms with Crippen LogP contribution in [0, 0.1) is 5.92 Å². The summed E-state index contributed by atoms with van der Waals surface area (Å²) in [6, 6.07) is 0.258. The number of ether oxygens (including phenoxy) is 1. The number of hydrogen-bond acceptors (Lipinski definition) is 3. The molecule has 2 aliphatic rings. The molecule has 2 amide bonds. The Labute approximate surface area is 139 Å². The maximum atomic E-state index is 13.0. The van der Waals surface area contributed by atoms with Crippen molar-refractivity contribution >= 4 is 12.0 Å². The van der Waals surface area contributed by atoms with Gasteiger partial charge in [0.1, 0.15) is 11.1 Å². The molecule has 0 heterocycles. The summed E-state index contributed by atoms with van der Waals surface area (Å²) in [6.07, 6.45) is 7.65. The maximum Gasteiger partial charge on any atom is 0.408 e. The van der Waals surface area contributed by atoms with Gasteiger partial charge < -0.3 is 15.4 Å². The summed E-state index contributed by atoms with van der Waals surface area (Å²) in [7, 11) is 0. The quantitative estimate of drug-likeness (QED) is 0.834. The number of hydrogen-bond donors (Lipinski definition) is 2. The lowest BCUT2D eigenvalue weighted by molar-refractivity contribution is -0.132. The Morgan fingerprint density at radius 2 is 1.65 bits per heavy atom. The van der Waals surface area contributed by atoms with Gasteiger partial charge in [0, 0.05) is 6.04 Å². The fraction of sp³-hybridized carbons (Fsp3) is 0.889. The van der Waals surface area contributed by atoms with Crippen LogP contribution < -0.4 is 10.6 Å². The fourth-order valence-electron chi connectivity index (χ4n) is 3.80. The van der Waals surface area contributed by atoms with Gasteiger partial charge in [-0.25, -0.2) is 4.79 Å². The summed E-state index contributed by atoms with van der Waals surface area (Å²) in [5.74, 6) is 0.0904. The molecule has 2 rings (SSSR count). The summed E-state index contributed by atoms with van der Waals surface area (Å²) in [6.45, 7) is 7.57. The normalized spacial score (nSPS) is 29.1. The van der Waals surface area contributed by atoms with Crippen LogP contribution in [-0.2, 0) is 9.53 Å². The Hall–Kier alpha value is -1.26. The highest BCUT2D eigenvalue weighted by Crippen LogP contribution is 2.35. The van der Waals surface area contributed by atoms with Crippen LogP contribution in [0.15, 0.2) is 0 Å². The molecule has 0 spiro atoms. The third kappa shape index (κ3) is 4.61. The van der Waals surface area contributed by atoms with Crippen LogP contribution in [0.25, 0.3) is 0 Å². The van der Waals surface area contributed by atoms with Crippen molar-refractivity contribution in [2.75, 3.05) is 0 Å². The molecule has 23 heavy (non-hydrogen) atoms. The zero-order valence-corrected chi connectivity index (χ0v) is 15.0. The van der Waals surface area contributed by atoms with Crippen molar-refractivity contribution in [1.82, 2.24) is 10.6 Å². The van der Waals surface area contributed by atoms with Crippen LogP contribution in [0.2, 0.25) is 0 Å². The lowest BCUT2D eigenvalue weighted by Gasteiger charge is -2.42. The minimum absolute atomic E-state index is 0.0255. The highest BCUT2D eigenvalue weighted by Gasteiger charge is 2.47. The summed E-state index contributed by atoms with van der Waals surface area (Å²) in [5, 5.41) is 6.12. The number of carbonyl (C=O) groups is 2. The van der Waals surface area contributed by atoms with E-state index < -0.39 is 17.2 Å². The van der Waals surface area contributed by atoms with E-state index in [1.54, 1.807) is 0 Å². The molecule has 5 nitrogen and oxygen atoms in total. The average Bonchev–Trinajstić information content (AvgIpc) is 2.92. The van der Waals surface area contributed by atoms with Gasteiger partial charge in [0.25, 0.3) is 0 Å². The Bertz CT molecular complexity index is 438. The van der Waals surface area contributed by atoms with Crippen molar-refractivity contribution in [1.29, 1.82) is 0 Å². The summed E-state index contributed by atoms with van der Waals surface area (Å²) in [4.78, 5) is 25.3. The van der Waals surface area contributed by atoms with E-state index in [4.69, 9.17) is 4.74 Å². The van der Waals surface area contributed by atoms with Crippen molar-refractivity contribution in [3.8, 4) is 0 Å². The van der Waals surface area contributed by atoms with E-state index in [-0.39, 0.29) is 17.9 Å².